The largest absolute Gasteiger partial charge is 0.376 e. The molecular formula is C17H29NO3. The van der Waals surface area contributed by atoms with Crippen molar-refractivity contribution in [3.63, 3.8) is 0 Å². The molecule has 3 fully saturated rings. The van der Waals surface area contributed by atoms with E-state index in [1.807, 2.05) is 0 Å². The van der Waals surface area contributed by atoms with Crippen molar-refractivity contribution < 1.29 is 14.3 Å². The SMILES string of the molecule is O=C(C1CCCCC1)N1CCC(OC[C@H]2CCCO2)CC1. The summed E-state index contributed by atoms with van der Waals surface area (Å²) in [5, 5.41) is 0. The molecule has 4 heteroatoms. The zero-order valence-electron chi connectivity index (χ0n) is 13.1. The Labute approximate surface area is 128 Å². The summed E-state index contributed by atoms with van der Waals surface area (Å²) in [6.07, 6.45) is 10.9. The van der Waals surface area contributed by atoms with Crippen molar-refractivity contribution in [2.45, 2.75) is 70.0 Å². The van der Waals surface area contributed by atoms with Gasteiger partial charge in [0.15, 0.2) is 0 Å². The Bertz CT molecular complexity index is 327. The minimum Gasteiger partial charge on any atom is -0.376 e. The highest BCUT2D eigenvalue weighted by molar-refractivity contribution is 5.79. The molecule has 0 spiro atoms. The highest BCUT2D eigenvalue weighted by Crippen LogP contribution is 2.27. The van der Waals surface area contributed by atoms with Gasteiger partial charge in [0.2, 0.25) is 5.91 Å². The van der Waals surface area contributed by atoms with Gasteiger partial charge in [-0.1, -0.05) is 19.3 Å². The zero-order chi connectivity index (χ0) is 14.5. The van der Waals surface area contributed by atoms with Gasteiger partial charge in [0, 0.05) is 25.6 Å². The van der Waals surface area contributed by atoms with Crippen molar-refractivity contribution in [1.29, 1.82) is 0 Å². The molecular weight excluding hydrogens is 266 g/mol. The zero-order valence-corrected chi connectivity index (χ0v) is 13.1. The molecule has 0 radical (unpaired) electrons. The minimum atomic E-state index is 0.308. The summed E-state index contributed by atoms with van der Waals surface area (Å²) in [5.74, 6) is 0.718. The highest BCUT2D eigenvalue weighted by atomic mass is 16.5. The van der Waals surface area contributed by atoms with E-state index in [0.717, 1.165) is 58.4 Å². The van der Waals surface area contributed by atoms with E-state index < -0.39 is 0 Å². The Kier molecular flexibility index (Phi) is 5.53. The Morgan fingerprint density at radius 1 is 1.00 bits per heavy atom. The number of carbonyl (C=O) groups excluding carboxylic acids is 1. The first-order chi connectivity index (χ1) is 10.3. The van der Waals surface area contributed by atoms with Gasteiger partial charge in [0.05, 0.1) is 18.8 Å². The van der Waals surface area contributed by atoms with Gasteiger partial charge in [0.1, 0.15) is 0 Å². The van der Waals surface area contributed by atoms with Crippen LogP contribution < -0.4 is 0 Å². The molecule has 3 aliphatic rings. The predicted molar refractivity (Wildman–Crippen MR) is 81.1 cm³/mol. The summed E-state index contributed by atoms with van der Waals surface area (Å²) in [5.41, 5.74) is 0. The summed E-state index contributed by atoms with van der Waals surface area (Å²) in [6, 6.07) is 0. The molecule has 120 valence electrons. The highest BCUT2D eigenvalue weighted by Gasteiger charge is 2.29. The van der Waals surface area contributed by atoms with Crippen molar-refractivity contribution in [2.24, 2.45) is 5.92 Å². The molecule has 1 atom stereocenters. The lowest BCUT2D eigenvalue weighted by atomic mass is 9.88. The van der Waals surface area contributed by atoms with Gasteiger partial charge in [-0.05, 0) is 38.5 Å². The fraction of sp³-hybridized carbons (Fsp3) is 0.941. The quantitative estimate of drug-likeness (QED) is 0.800. The lowest BCUT2D eigenvalue weighted by Crippen LogP contribution is -2.44. The first kappa shape index (κ1) is 15.3. The van der Waals surface area contributed by atoms with E-state index >= 15 is 0 Å². The number of amides is 1. The van der Waals surface area contributed by atoms with E-state index in [-0.39, 0.29) is 0 Å². The lowest BCUT2D eigenvalue weighted by molar-refractivity contribution is -0.139. The van der Waals surface area contributed by atoms with E-state index in [2.05, 4.69) is 4.90 Å². The van der Waals surface area contributed by atoms with Gasteiger partial charge in [-0.25, -0.2) is 0 Å². The molecule has 0 unspecified atom stereocenters. The minimum absolute atomic E-state index is 0.308. The van der Waals surface area contributed by atoms with Crippen molar-refractivity contribution in [2.75, 3.05) is 26.3 Å². The molecule has 0 N–H and O–H groups in total. The number of hydrogen-bond donors (Lipinski definition) is 0. The molecule has 2 heterocycles. The Morgan fingerprint density at radius 2 is 1.76 bits per heavy atom. The first-order valence-electron chi connectivity index (χ1n) is 8.85. The molecule has 0 aromatic heterocycles. The van der Waals surface area contributed by atoms with Crippen LogP contribution in [0, 0.1) is 5.92 Å². The van der Waals surface area contributed by atoms with Gasteiger partial charge < -0.3 is 14.4 Å². The van der Waals surface area contributed by atoms with E-state index in [9.17, 15) is 4.79 Å². The van der Waals surface area contributed by atoms with E-state index in [1.54, 1.807) is 0 Å². The van der Waals surface area contributed by atoms with E-state index in [4.69, 9.17) is 9.47 Å². The van der Waals surface area contributed by atoms with Gasteiger partial charge in [0.25, 0.3) is 0 Å². The number of likely N-dealkylation sites (tertiary alicyclic amines) is 1. The second kappa shape index (κ2) is 7.59. The Balaban J connectivity index is 1.36. The molecule has 0 aromatic rings. The maximum Gasteiger partial charge on any atom is 0.225 e. The van der Waals surface area contributed by atoms with Crippen LogP contribution in [0.15, 0.2) is 0 Å². The molecule has 21 heavy (non-hydrogen) atoms. The first-order valence-corrected chi connectivity index (χ1v) is 8.85. The Morgan fingerprint density at radius 3 is 2.43 bits per heavy atom. The van der Waals surface area contributed by atoms with Crippen LogP contribution in [-0.4, -0.2) is 49.3 Å². The second-order valence-electron chi connectivity index (χ2n) is 6.83. The molecule has 1 aliphatic carbocycles. The third-order valence-corrected chi connectivity index (χ3v) is 5.25. The molecule has 1 amide bonds. The molecule has 2 aliphatic heterocycles. The summed E-state index contributed by atoms with van der Waals surface area (Å²) in [7, 11) is 0. The second-order valence-corrected chi connectivity index (χ2v) is 6.83. The molecule has 2 saturated heterocycles. The van der Waals surface area contributed by atoms with Crippen LogP contribution in [0.2, 0.25) is 0 Å². The number of piperidine rings is 1. The van der Waals surface area contributed by atoms with Crippen molar-refractivity contribution >= 4 is 5.91 Å². The molecule has 4 nitrogen and oxygen atoms in total. The normalized spacial score (nSPS) is 29.0. The smallest absolute Gasteiger partial charge is 0.225 e. The number of ether oxygens (including phenoxy) is 2. The lowest BCUT2D eigenvalue weighted by Gasteiger charge is -2.35. The van der Waals surface area contributed by atoms with Crippen LogP contribution in [0.25, 0.3) is 0 Å². The summed E-state index contributed by atoms with van der Waals surface area (Å²) in [4.78, 5) is 14.6. The number of rotatable bonds is 4. The average molecular weight is 295 g/mol. The monoisotopic (exact) mass is 295 g/mol. The van der Waals surface area contributed by atoms with Gasteiger partial charge in [-0.2, -0.15) is 0 Å². The summed E-state index contributed by atoms with van der Waals surface area (Å²) in [6.45, 7) is 3.39. The average Bonchev–Trinajstić information content (AvgIpc) is 3.07. The van der Waals surface area contributed by atoms with Crippen LogP contribution in [0.1, 0.15) is 57.8 Å². The molecule has 1 saturated carbocycles. The summed E-state index contributed by atoms with van der Waals surface area (Å²) >= 11 is 0. The Hall–Kier alpha value is -0.610. The molecule has 0 aromatic carbocycles. The van der Waals surface area contributed by atoms with Crippen LogP contribution in [0.4, 0.5) is 0 Å². The third-order valence-electron chi connectivity index (χ3n) is 5.25. The third kappa shape index (κ3) is 4.19. The standard InChI is InChI=1S/C17H29NO3/c19-17(14-5-2-1-3-6-14)18-10-8-15(9-11-18)21-13-16-7-4-12-20-16/h14-16H,1-13H2/t16-/m1/s1. The van der Waals surface area contributed by atoms with Crippen LogP contribution in [0.3, 0.4) is 0 Å². The topological polar surface area (TPSA) is 38.8 Å². The molecule has 3 rings (SSSR count). The van der Waals surface area contributed by atoms with Crippen molar-refractivity contribution in [3.05, 3.63) is 0 Å². The van der Waals surface area contributed by atoms with Crippen LogP contribution in [-0.2, 0) is 14.3 Å². The maximum atomic E-state index is 12.5. The van der Waals surface area contributed by atoms with Crippen molar-refractivity contribution in [1.82, 2.24) is 4.90 Å². The van der Waals surface area contributed by atoms with E-state index in [0.29, 0.717) is 24.0 Å². The number of carbonyl (C=O) groups is 1. The van der Waals surface area contributed by atoms with Crippen molar-refractivity contribution in [3.8, 4) is 0 Å². The summed E-state index contributed by atoms with van der Waals surface area (Å²) < 4.78 is 11.6. The van der Waals surface area contributed by atoms with Crippen LogP contribution in [0.5, 0.6) is 0 Å². The molecule has 0 bridgehead atoms. The fourth-order valence-electron chi connectivity index (χ4n) is 3.87. The van der Waals surface area contributed by atoms with E-state index in [1.165, 1.54) is 25.7 Å². The fourth-order valence-corrected chi connectivity index (χ4v) is 3.87. The van der Waals surface area contributed by atoms with Crippen LogP contribution >= 0.6 is 0 Å². The van der Waals surface area contributed by atoms with Gasteiger partial charge in [-0.3, -0.25) is 4.79 Å². The van der Waals surface area contributed by atoms with Gasteiger partial charge >= 0.3 is 0 Å². The predicted octanol–water partition coefficient (Wildman–Crippen LogP) is 2.75. The van der Waals surface area contributed by atoms with Gasteiger partial charge in [-0.15, -0.1) is 0 Å². The number of nitrogens with zero attached hydrogens (tertiary/aromatic N) is 1. The maximum absolute atomic E-state index is 12.5. The number of hydrogen-bond acceptors (Lipinski definition) is 3.